The molecule has 5 rings (SSSR count). The van der Waals surface area contributed by atoms with E-state index in [0.29, 0.717) is 46.6 Å². The Hall–Kier alpha value is -4.35. The van der Waals surface area contributed by atoms with Crippen molar-refractivity contribution in [1.82, 2.24) is 19.9 Å². The summed E-state index contributed by atoms with van der Waals surface area (Å²) in [4.78, 5) is 31.7. The summed E-state index contributed by atoms with van der Waals surface area (Å²) in [6.45, 7) is 0.503. The first-order valence-electron chi connectivity index (χ1n) is 10.6. The highest BCUT2D eigenvalue weighted by Crippen LogP contribution is 2.36. The highest BCUT2D eigenvalue weighted by molar-refractivity contribution is 6.30. The van der Waals surface area contributed by atoms with Gasteiger partial charge in [0.15, 0.2) is 0 Å². The van der Waals surface area contributed by atoms with E-state index in [0.717, 1.165) is 16.8 Å². The third-order valence-corrected chi connectivity index (χ3v) is 5.89. The highest BCUT2D eigenvalue weighted by atomic mass is 35.5. The van der Waals surface area contributed by atoms with Crippen LogP contribution in [-0.4, -0.2) is 32.4 Å². The van der Waals surface area contributed by atoms with Crippen molar-refractivity contribution < 1.29 is 4.79 Å². The van der Waals surface area contributed by atoms with E-state index in [-0.39, 0.29) is 12.3 Å². The van der Waals surface area contributed by atoms with Gasteiger partial charge in [0.05, 0.1) is 23.4 Å². The number of carbonyl (C=O) groups excluding carboxylic acids is 1. The molecule has 0 saturated heterocycles. The molecule has 0 aliphatic carbocycles. The van der Waals surface area contributed by atoms with Crippen molar-refractivity contribution in [2.75, 3.05) is 16.8 Å². The Morgan fingerprint density at radius 2 is 1.97 bits per heavy atom. The Bertz CT molecular complexity index is 1420. The van der Waals surface area contributed by atoms with Crippen molar-refractivity contribution in [3.63, 3.8) is 0 Å². The summed E-state index contributed by atoms with van der Waals surface area (Å²) in [6.07, 6.45) is 7.38. The molecule has 1 amide bonds. The van der Waals surface area contributed by atoms with Crippen molar-refractivity contribution in [3.05, 3.63) is 89.1 Å². The number of amides is 1. The lowest BCUT2D eigenvalue weighted by atomic mass is 10.0. The fraction of sp³-hybridized carbons (Fsp3) is 0.120. The lowest BCUT2D eigenvalue weighted by Crippen LogP contribution is -2.31. The summed E-state index contributed by atoms with van der Waals surface area (Å²) in [5.41, 5.74) is 4.97. The number of nitrogens with zero attached hydrogens (tertiary/aromatic N) is 6. The molecule has 0 unspecified atom stereocenters. The van der Waals surface area contributed by atoms with E-state index in [2.05, 4.69) is 31.3 Å². The summed E-state index contributed by atoms with van der Waals surface area (Å²) < 4.78 is 0. The molecule has 0 saturated carbocycles. The third kappa shape index (κ3) is 4.29. The number of pyridine rings is 2. The number of benzene rings is 1. The summed E-state index contributed by atoms with van der Waals surface area (Å²) in [5, 5.41) is 13.3. The number of fused-ring (bicyclic) bond motifs is 1. The molecule has 0 fully saturated rings. The number of rotatable bonds is 5. The van der Waals surface area contributed by atoms with E-state index < -0.39 is 0 Å². The summed E-state index contributed by atoms with van der Waals surface area (Å²) in [7, 11) is 0. The van der Waals surface area contributed by atoms with Crippen molar-refractivity contribution in [2.45, 2.75) is 12.8 Å². The van der Waals surface area contributed by atoms with Crippen molar-refractivity contribution in [2.24, 2.45) is 0 Å². The minimum atomic E-state index is -0.122. The van der Waals surface area contributed by atoms with Crippen LogP contribution in [0.25, 0.3) is 11.3 Å². The zero-order valence-corrected chi connectivity index (χ0v) is 18.7. The van der Waals surface area contributed by atoms with Gasteiger partial charge in [-0.3, -0.25) is 9.78 Å². The average molecular weight is 468 g/mol. The lowest BCUT2D eigenvalue weighted by molar-refractivity contribution is -0.117. The van der Waals surface area contributed by atoms with Gasteiger partial charge in [0.1, 0.15) is 11.2 Å². The van der Waals surface area contributed by atoms with Gasteiger partial charge in [0, 0.05) is 42.6 Å². The van der Waals surface area contributed by atoms with Crippen LogP contribution in [0, 0.1) is 11.3 Å². The van der Waals surface area contributed by atoms with E-state index in [1.807, 2.05) is 18.2 Å². The minimum absolute atomic E-state index is 0.120. The topological polar surface area (TPSA) is 108 Å². The van der Waals surface area contributed by atoms with Gasteiger partial charge in [0.2, 0.25) is 11.9 Å². The van der Waals surface area contributed by atoms with E-state index in [1.54, 1.807) is 54.0 Å². The molecule has 0 bridgehead atoms. The molecule has 1 aliphatic rings. The largest absolute Gasteiger partial charge is 0.324 e. The summed E-state index contributed by atoms with van der Waals surface area (Å²) in [5.74, 6) is 0.316. The number of hydrogen-bond donors (Lipinski definition) is 1. The van der Waals surface area contributed by atoms with Crippen LogP contribution in [-0.2, 0) is 17.6 Å². The molecule has 3 aromatic heterocycles. The smallest absolute Gasteiger partial charge is 0.231 e. The first-order chi connectivity index (χ1) is 16.6. The van der Waals surface area contributed by atoms with E-state index >= 15 is 0 Å². The van der Waals surface area contributed by atoms with Crippen LogP contribution in [0.3, 0.4) is 0 Å². The van der Waals surface area contributed by atoms with E-state index in [1.165, 1.54) is 0 Å². The second kappa shape index (κ2) is 9.25. The number of carbonyl (C=O) groups is 1. The van der Waals surface area contributed by atoms with Crippen LogP contribution in [0.1, 0.15) is 16.7 Å². The molecule has 34 heavy (non-hydrogen) atoms. The van der Waals surface area contributed by atoms with E-state index in [9.17, 15) is 10.1 Å². The maximum Gasteiger partial charge on any atom is 0.231 e. The van der Waals surface area contributed by atoms with Gasteiger partial charge in [-0.15, -0.1) is 0 Å². The molecule has 0 radical (unpaired) electrons. The Kier molecular flexibility index (Phi) is 5.85. The Labute approximate surface area is 200 Å². The van der Waals surface area contributed by atoms with Crippen LogP contribution >= 0.6 is 11.6 Å². The average Bonchev–Trinajstić information content (AvgIpc) is 3.30. The quantitative estimate of drug-likeness (QED) is 0.435. The van der Waals surface area contributed by atoms with Crippen LogP contribution in [0.15, 0.2) is 67.3 Å². The maximum atomic E-state index is 13.1. The molecule has 0 atom stereocenters. The summed E-state index contributed by atoms with van der Waals surface area (Å²) >= 11 is 6.13. The number of nitrogens with one attached hydrogen (secondary N) is 1. The number of nitriles is 1. The number of aromatic nitrogens is 4. The van der Waals surface area contributed by atoms with Crippen LogP contribution in [0.4, 0.5) is 17.3 Å². The SMILES string of the molecule is N#Cc1cc(-c2ccnc(Nc3ccncc3)n2)cc2c1N(C(=O)Cc1cccnc1Cl)CC2. The standard InChI is InChI=1S/C25H18ClN7O/c26-24-17(2-1-7-29-24)14-22(34)33-11-6-16-12-18(13-19(15-27)23(16)33)21-5-10-30-25(32-21)31-20-3-8-28-9-4-20/h1-5,7-10,12-13H,6,11,14H2,(H,28,30,31,32). The fourth-order valence-electron chi connectivity index (χ4n) is 3.98. The van der Waals surface area contributed by atoms with Crippen molar-refractivity contribution >= 4 is 34.8 Å². The molecule has 0 spiro atoms. The molecule has 4 heterocycles. The maximum absolute atomic E-state index is 13.1. The molecular weight excluding hydrogens is 450 g/mol. The Balaban J connectivity index is 1.44. The Morgan fingerprint density at radius 3 is 2.76 bits per heavy atom. The zero-order chi connectivity index (χ0) is 23.5. The second-order valence-electron chi connectivity index (χ2n) is 7.70. The fourth-order valence-corrected chi connectivity index (χ4v) is 4.17. The van der Waals surface area contributed by atoms with Crippen LogP contribution < -0.4 is 10.2 Å². The second-order valence-corrected chi connectivity index (χ2v) is 8.05. The predicted octanol–water partition coefficient (Wildman–Crippen LogP) is 4.33. The van der Waals surface area contributed by atoms with Gasteiger partial charge < -0.3 is 10.2 Å². The van der Waals surface area contributed by atoms with Gasteiger partial charge in [-0.05, 0) is 53.9 Å². The molecule has 166 valence electrons. The Morgan fingerprint density at radius 1 is 1.12 bits per heavy atom. The first-order valence-corrected chi connectivity index (χ1v) is 11.0. The lowest BCUT2D eigenvalue weighted by Gasteiger charge is -2.19. The van der Waals surface area contributed by atoms with Crippen molar-refractivity contribution in [3.8, 4) is 17.3 Å². The van der Waals surface area contributed by atoms with Crippen molar-refractivity contribution in [1.29, 1.82) is 5.26 Å². The summed E-state index contributed by atoms with van der Waals surface area (Å²) in [6, 6.07) is 15.0. The van der Waals surface area contributed by atoms with Crippen LogP contribution in [0.2, 0.25) is 5.15 Å². The monoisotopic (exact) mass is 467 g/mol. The predicted molar refractivity (Wildman–Crippen MR) is 129 cm³/mol. The molecule has 1 aliphatic heterocycles. The van der Waals surface area contributed by atoms with Gasteiger partial charge >= 0.3 is 0 Å². The normalized spacial score (nSPS) is 12.2. The number of halogens is 1. The zero-order valence-electron chi connectivity index (χ0n) is 17.9. The van der Waals surface area contributed by atoms with Gasteiger partial charge in [0.25, 0.3) is 0 Å². The number of hydrogen-bond acceptors (Lipinski definition) is 7. The molecular formula is C25H18ClN7O. The minimum Gasteiger partial charge on any atom is -0.324 e. The van der Waals surface area contributed by atoms with Gasteiger partial charge in [-0.1, -0.05) is 17.7 Å². The number of anilines is 3. The molecule has 9 heteroatoms. The highest BCUT2D eigenvalue weighted by Gasteiger charge is 2.29. The van der Waals surface area contributed by atoms with Crippen LogP contribution in [0.5, 0.6) is 0 Å². The van der Waals surface area contributed by atoms with E-state index in [4.69, 9.17) is 11.6 Å². The third-order valence-electron chi connectivity index (χ3n) is 5.55. The molecule has 8 nitrogen and oxygen atoms in total. The molecule has 1 aromatic carbocycles. The van der Waals surface area contributed by atoms with Gasteiger partial charge in [-0.25, -0.2) is 15.0 Å². The first kappa shape index (κ1) is 21.5. The molecule has 1 N–H and O–H groups in total. The molecule has 4 aromatic rings. The van der Waals surface area contributed by atoms with Gasteiger partial charge in [-0.2, -0.15) is 5.26 Å².